The van der Waals surface area contributed by atoms with Crippen LogP contribution >= 0.6 is 0 Å². The molecular weight excluding hydrogens is 278 g/mol. The highest BCUT2D eigenvalue weighted by Crippen LogP contribution is 2.20. The van der Waals surface area contributed by atoms with Crippen molar-refractivity contribution in [2.45, 2.75) is 64.5 Å². The summed E-state index contributed by atoms with van der Waals surface area (Å²) in [4.78, 5) is 16.4. The maximum atomic E-state index is 12.3. The van der Waals surface area contributed by atoms with E-state index in [-0.39, 0.29) is 12.1 Å². The van der Waals surface area contributed by atoms with E-state index in [1.165, 1.54) is 19.3 Å². The number of unbranched alkanes of at least 4 members (excludes halogenated alkanes) is 1. The van der Waals surface area contributed by atoms with Crippen LogP contribution in [0.4, 0.5) is 4.79 Å². The van der Waals surface area contributed by atoms with E-state index in [0.29, 0.717) is 0 Å². The Morgan fingerprint density at radius 2 is 2.00 bits per heavy atom. The van der Waals surface area contributed by atoms with Crippen molar-refractivity contribution < 1.29 is 9.53 Å². The molecule has 130 valence electrons. The van der Waals surface area contributed by atoms with Gasteiger partial charge < -0.3 is 19.9 Å². The molecule has 1 atom stereocenters. The van der Waals surface area contributed by atoms with Gasteiger partial charge in [0.15, 0.2) is 0 Å². The first-order valence-electron chi connectivity index (χ1n) is 8.64. The second-order valence-electron chi connectivity index (χ2n) is 7.54. The van der Waals surface area contributed by atoms with Gasteiger partial charge in [0.1, 0.15) is 5.60 Å². The Labute approximate surface area is 136 Å². The average Bonchev–Trinajstić information content (AvgIpc) is 2.41. The molecule has 5 nitrogen and oxygen atoms in total. The maximum absolute atomic E-state index is 12.3. The number of hydrogen-bond acceptors (Lipinski definition) is 4. The van der Waals surface area contributed by atoms with Crippen LogP contribution in [0.5, 0.6) is 0 Å². The number of carbonyl (C=O) groups excluding carboxylic acids is 1. The molecule has 1 amide bonds. The van der Waals surface area contributed by atoms with Crippen LogP contribution in [0.2, 0.25) is 0 Å². The van der Waals surface area contributed by atoms with Gasteiger partial charge in [-0.05, 0) is 80.1 Å². The van der Waals surface area contributed by atoms with Gasteiger partial charge in [-0.3, -0.25) is 0 Å². The molecule has 1 saturated heterocycles. The molecule has 1 aliphatic heterocycles. The molecular formula is C17H35N3O2. The predicted octanol–water partition coefficient (Wildman–Crippen LogP) is 2.71. The Bertz CT molecular complexity index is 326. The highest BCUT2D eigenvalue weighted by Gasteiger charge is 2.29. The zero-order chi connectivity index (χ0) is 16.6. The molecule has 0 aromatic rings. The van der Waals surface area contributed by atoms with Crippen LogP contribution < -0.4 is 5.32 Å². The molecule has 0 radical (unpaired) electrons. The zero-order valence-corrected chi connectivity index (χ0v) is 15.2. The van der Waals surface area contributed by atoms with Crippen molar-refractivity contribution in [1.29, 1.82) is 0 Å². The molecule has 1 rings (SSSR count). The van der Waals surface area contributed by atoms with Gasteiger partial charge in [-0.25, -0.2) is 4.79 Å². The Hall–Kier alpha value is -0.810. The summed E-state index contributed by atoms with van der Waals surface area (Å²) in [5.41, 5.74) is -0.418. The maximum Gasteiger partial charge on any atom is 0.410 e. The van der Waals surface area contributed by atoms with Crippen LogP contribution in [-0.2, 0) is 4.74 Å². The molecule has 1 unspecified atom stereocenters. The van der Waals surface area contributed by atoms with Crippen LogP contribution in [0.1, 0.15) is 52.9 Å². The van der Waals surface area contributed by atoms with E-state index >= 15 is 0 Å². The Balaban J connectivity index is 2.31. The van der Waals surface area contributed by atoms with E-state index in [2.05, 4.69) is 24.3 Å². The minimum Gasteiger partial charge on any atom is -0.444 e. The van der Waals surface area contributed by atoms with Crippen LogP contribution in [0, 0.1) is 0 Å². The fourth-order valence-corrected chi connectivity index (χ4v) is 2.72. The number of ether oxygens (including phenoxy) is 1. The molecule has 0 spiro atoms. The van der Waals surface area contributed by atoms with E-state index < -0.39 is 5.60 Å². The second kappa shape index (κ2) is 9.36. The summed E-state index contributed by atoms with van der Waals surface area (Å²) in [6, 6.07) is 0.275. The van der Waals surface area contributed by atoms with Crippen molar-refractivity contribution in [2.75, 3.05) is 40.3 Å². The lowest BCUT2D eigenvalue weighted by Crippen LogP contribution is -2.50. The number of amides is 1. The monoisotopic (exact) mass is 313 g/mol. The first-order valence-corrected chi connectivity index (χ1v) is 8.64. The molecule has 0 bridgehead atoms. The number of rotatable bonds is 7. The first-order chi connectivity index (χ1) is 10.3. The predicted molar refractivity (Wildman–Crippen MR) is 91.2 cm³/mol. The fraction of sp³-hybridized carbons (Fsp3) is 0.941. The fourth-order valence-electron chi connectivity index (χ4n) is 2.72. The molecule has 0 aromatic heterocycles. The number of piperidine rings is 1. The summed E-state index contributed by atoms with van der Waals surface area (Å²) in [6.45, 7) is 9.62. The summed E-state index contributed by atoms with van der Waals surface area (Å²) in [5.74, 6) is 0. The molecule has 5 heteroatoms. The van der Waals surface area contributed by atoms with Gasteiger partial charge in [-0.1, -0.05) is 0 Å². The molecule has 1 N–H and O–H groups in total. The van der Waals surface area contributed by atoms with Crippen LogP contribution in [0.25, 0.3) is 0 Å². The van der Waals surface area contributed by atoms with Crippen molar-refractivity contribution >= 4 is 6.09 Å². The topological polar surface area (TPSA) is 44.8 Å². The second-order valence-corrected chi connectivity index (χ2v) is 7.54. The van der Waals surface area contributed by atoms with E-state index in [1.54, 1.807) is 0 Å². The zero-order valence-electron chi connectivity index (χ0n) is 15.2. The smallest absolute Gasteiger partial charge is 0.410 e. The van der Waals surface area contributed by atoms with Gasteiger partial charge in [0.05, 0.1) is 0 Å². The molecule has 0 aliphatic carbocycles. The normalized spacial score (nSPS) is 19.5. The summed E-state index contributed by atoms with van der Waals surface area (Å²) >= 11 is 0. The van der Waals surface area contributed by atoms with Gasteiger partial charge in [0.25, 0.3) is 0 Å². The van der Waals surface area contributed by atoms with Crippen molar-refractivity contribution in [3.63, 3.8) is 0 Å². The Kier molecular flexibility index (Phi) is 8.18. The largest absolute Gasteiger partial charge is 0.444 e. The Morgan fingerprint density at radius 1 is 1.27 bits per heavy atom. The molecule has 0 aromatic carbocycles. The van der Waals surface area contributed by atoms with Gasteiger partial charge in [0, 0.05) is 19.1 Å². The quantitative estimate of drug-likeness (QED) is 0.734. The SMILES string of the molecule is CN(C)CCCCNCC1CCCCN1C(=O)OC(C)(C)C. The molecule has 0 saturated carbocycles. The summed E-state index contributed by atoms with van der Waals surface area (Å²) in [7, 11) is 4.21. The minimum atomic E-state index is -0.418. The molecule has 1 fully saturated rings. The van der Waals surface area contributed by atoms with Gasteiger partial charge in [-0.15, -0.1) is 0 Å². The molecule has 22 heavy (non-hydrogen) atoms. The third kappa shape index (κ3) is 7.99. The third-order valence-electron chi connectivity index (χ3n) is 3.84. The standard InChI is InChI=1S/C17H35N3O2/c1-17(2,3)22-16(21)20-13-8-6-10-15(20)14-18-11-7-9-12-19(4)5/h15,18H,6-14H2,1-5H3. The van der Waals surface area contributed by atoms with Crippen LogP contribution in [0.15, 0.2) is 0 Å². The molecule has 1 aliphatic rings. The number of nitrogens with one attached hydrogen (secondary N) is 1. The van der Waals surface area contributed by atoms with E-state index in [1.807, 2.05) is 25.7 Å². The van der Waals surface area contributed by atoms with Crippen molar-refractivity contribution in [2.24, 2.45) is 0 Å². The van der Waals surface area contributed by atoms with Crippen LogP contribution in [0.3, 0.4) is 0 Å². The lowest BCUT2D eigenvalue weighted by molar-refractivity contribution is 0.00997. The highest BCUT2D eigenvalue weighted by molar-refractivity contribution is 5.68. The number of nitrogens with zero attached hydrogens (tertiary/aromatic N) is 2. The third-order valence-corrected chi connectivity index (χ3v) is 3.84. The average molecular weight is 313 g/mol. The van der Waals surface area contributed by atoms with Crippen LogP contribution in [-0.4, -0.2) is 67.8 Å². The minimum absolute atomic E-state index is 0.161. The Morgan fingerprint density at radius 3 is 2.64 bits per heavy atom. The number of hydrogen-bond donors (Lipinski definition) is 1. The highest BCUT2D eigenvalue weighted by atomic mass is 16.6. The van der Waals surface area contributed by atoms with Crippen molar-refractivity contribution in [3.05, 3.63) is 0 Å². The van der Waals surface area contributed by atoms with Crippen molar-refractivity contribution in [1.82, 2.24) is 15.1 Å². The van der Waals surface area contributed by atoms with E-state index in [9.17, 15) is 4.79 Å². The van der Waals surface area contributed by atoms with Gasteiger partial charge in [0.2, 0.25) is 0 Å². The summed E-state index contributed by atoms with van der Waals surface area (Å²) < 4.78 is 5.53. The van der Waals surface area contributed by atoms with Gasteiger partial charge in [-0.2, -0.15) is 0 Å². The summed E-state index contributed by atoms with van der Waals surface area (Å²) in [5, 5.41) is 3.51. The first kappa shape index (κ1) is 19.2. The number of carbonyl (C=O) groups is 1. The van der Waals surface area contributed by atoms with E-state index in [4.69, 9.17) is 4.74 Å². The lowest BCUT2D eigenvalue weighted by atomic mass is 10.0. The van der Waals surface area contributed by atoms with Gasteiger partial charge >= 0.3 is 6.09 Å². The van der Waals surface area contributed by atoms with E-state index in [0.717, 1.165) is 39.0 Å². The molecule has 1 heterocycles. The number of likely N-dealkylation sites (tertiary alicyclic amines) is 1. The van der Waals surface area contributed by atoms with Crippen molar-refractivity contribution in [3.8, 4) is 0 Å². The lowest BCUT2D eigenvalue weighted by Gasteiger charge is -2.37. The summed E-state index contributed by atoms with van der Waals surface area (Å²) in [6.07, 6.45) is 5.58.